The number of quaternary nitrogens is 1. The zero-order valence-electron chi connectivity index (χ0n) is 46.3. The monoisotopic (exact) mass is 992 g/mol. The van der Waals surface area contributed by atoms with Crippen LogP contribution < -0.4 is 5.32 Å². The smallest absolute Gasteiger partial charge is 0.391 e. The van der Waals surface area contributed by atoms with Crippen LogP contribution >= 0.6 is 7.82 Å². The molecule has 0 aliphatic rings. The Morgan fingerprint density at radius 1 is 0.507 bits per heavy atom. The molecule has 0 aromatic rings. The SMILES string of the molecule is CC/C=C\C/C=C\C/C=C\C/C=C\CCCCCCCCCCCCCCCCCCCCC(=O)NC(COP(=O)(O)OCC[N+](C)(C)C)C(O)CCCCCCCCCCCCCCCCCC. The molecule has 3 unspecified atom stereocenters. The fourth-order valence-corrected chi connectivity index (χ4v) is 9.48. The largest absolute Gasteiger partial charge is 0.472 e. The lowest BCUT2D eigenvalue weighted by molar-refractivity contribution is -0.870. The number of aliphatic hydroxyl groups excluding tert-OH is 1. The highest BCUT2D eigenvalue weighted by molar-refractivity contribution is 7.47. The van der Waals surface area contributed by atoms with Gasteiger partial charge in [0.1, 0.15) is 13.2 Å². The third-order valence-corrected chi connectivity index (χ3v) is 14.3. The van der Waals surface area contributed by atoms with Gasteiger partial charge in [-0.25, -0.2) is 4.57 Å². The lowest BCUT2D eigenvalue weighted by Gasteiger charge is -2.26. The quantitative estimate of drug-likeness (QED) is 0.0243. The van der Waals surface area contributed by atoms with Crippen LogP contribution in [0.5, 0.6) is 0 Å². The molecule has 3 N–H and O–H groups in total. The van der Waals surface area contributed by atoms with Crippen molar-refractivity contribution in [1.82, 2.24) is 5.32 Å². The number of phosphoric ester groups is 1. The average Bonchev–Trinajstić information content (AvgIpc) is 3.31. The van der Waals surface area contributed by atoms with Crippen molar-refractivity contribution in [3.63, 3.8) is 0 Å². The van der Waals surface area contributed by atoms with E-state index in [1.165, 1.54) is 186 Å². The van der Waals surface area contributed by atoms with Gasteiger partial charge in [-0.15, -0.1) is 0 Å². The predicted molar refractivity (Wildman–Crippen MR) is 300 cm³/mol. The molecule has 0 radical (unpaired) electrons. The maximum atomic E-state index is 13.0. The maximum absolute atomic E-state index is 13.0. The summed E-state index contributed by atoms with van der Waals surface area (Å²) in [4.78, 5) is 23.3. The zero-order valence-corrected chi connectivity index (χ0v) is 47.2. The fourth-order valence-electron chi connectivity index (χ4n) is 8.75. The van der Waals surface area contributed by atoms with Gasteiger partial charge >= 0.3 is 7.82 Å². The number of rotatable bonds is 54. The number of phosphoric acid groups is 1. The van der Waals surface area contributed by atoms with Crippen LogP contribution in [-0.2, 0) is 18.4 Å². The molecule has 1 amide bonds. The number of hydrogen-bond acceptors (Lipinski definition) is 5. The van der Waals surface area contributed by atoms with Crippen molar-refractivity contribution in [1.29, 1.82) is 0 Å². The number of likely N-dealkylation sites (N-methyl/N-ethyl adjacent to an activating group) is 1. The van der Waals surface area contributed by atoms with Gasteiger partial charge in [-0.3, -0.25) is 13.8 Å². The standard InChI is InChI=1S/C60H115N2O6P/c1-6-8-10-12-14-16-18-20-22-24-25-26-27-28-29-30-31-32-33-34-35-36-37-38-40-42-44-46-48-50-52-54-60(64)61-58(57-68-69(65,66)67-56-55-62(3,4)5)59(63)53-51-49-47-45-43-41-39-23-21-19-17-15-13-11-9-7-2/h8,10,14,16,20,22,25-26,58-59,63H,6-7,9,11-13,15,17-19,21,23-24,27-57H2,1-5H3,(H-,61,64,65,66)/p+1/b10-8-,16-14-,22-20-,26-25-. The fraction of sp³-hybridized carbons (Fsp3) is 0.850. The van der Waals surface area contributed by atoms with Crippen molar-refractivity contribution in [2.75, 3.05) is 40.9 Å². The summed E-state index contributed by atoms with van der Waals surface area (Å²) in [6.07, 6.45) is 67.4. The molecule has 0 aliphatic carbocycles. The number of carbonyl (C=O) groups is 1. The van der Waals surface area contributed by atoms with Crippen LogP contribution in [0.3, 0.4) is 0 Å². The van der Waals surface area contributed by atoms with E-state index in [4.69, 9.17) is 9.05 Å². The normalized spacial score (nSPS) is 14.2. The van der Waals surface area contributed by atoms with Crippen LogP contribution in [0.4, 0.5) is 0 Å². The Hall–Kier alpha value is -1.54. The van der Waals surface area contributed by atoms with Gasteiger partial charge in [0.2, 0.25) is 5.91 Å². The second-order valence-electron chi connectivity index (χ2n) is 21.3. The van der Waals surface area contributed by atoms with E-state index in [0.717, 1.165) is 64.2 Å². The van der Waals surface area contributed by atoms with Crippen molar-refractivity contribution in [2.24, 2.45) is 0 Å². The van der Waals surface area contributed by atoms with Gasteiger partial charge in [-0.1, -0.05) is 268 Å². The zero-order chi connectivity index (χ0) is 50.6. The number of unbranched alkanes of at least 4 members (excludes halogenated alkanes) is 33. The minimum absolute atomic E-state index is 0.0756. The summed E-state index contributed by atoms with van der Waals surface area (Å²) >= 11 is 0. The predicted octanol–water partition coefficient (Wildman–Crippen LogP) is 17.9. The van der Waals surface area contributed by atoms with Crippen molar-refractivity contribution in [3.05, 3.63) is 48.6 Å². The molecule has 69 heavy (non-hydrogen) atoms. The molecule has 0 aromatic carbocycles. The van der Waals surface area contributed by atoms with Gasteiger partial charge in [0.15, 0.2) is 0 Å². The highest BCUT2D eigenvalue weighted by Gasteiger charge is 2.28. The van der Waals surface area contributed by atoms with Gasteiger partial charge in [-0.2, -0.15) is 0 Å². The molecule has 0 aromatic heterocycles. The Bertz CT molecular complexity index is 1260. The first-order chi connectivity index (χ1) is 33.5. The number of amides is 1. The summed E-state index contributed by atoms with van der Waals surface area (Å²) < 4.78 is 23.8. The molecule has 0 bridgehead atoms. The number of nitrogens with one attached hydrogen (secondary N) is 1. The molecular formula is C60H116N2O6P+. The second kappa shape index (κ2) is 51.4. The molecule has 406 valence electrons. The van der Waals surface area contributed by atoms with Crippen molar-refractivity contribution < 1.29 is 32.9 Å². The van der Waals surface area contributed by atoms with E-state index in [9.17, 15) is 19.4 Å². The van der Waals surface area contributed by atoms with Crippen LogP contribution in [0, 0.1) is 0 Å². The van der Waals surface area contributed by atoms with Crippen molar-refractivity contribution in [2.45, 2.75) is 289 Å². The Morgan fingerprint density at radius 2 is 0.870 bits per heavy atom. The molecule has 0 saturated carbocycles. The van der Waals surface area contributed by atoms with Crippen molar-refractivity contribution >= 4 is 13.7 Å². The molecule has 0 spiro atoms. The van der Waals surface area contributed by atoms with Gasteiger partial charge in [0.05, 0.1) is 39.9 Å². The first-order valence-electron chi connectivity index (χ1n) is 29.5. The summed E-state index contributed by atoms with van der Waals surface area (Å²) in [5.41, 5.74) is 0. The van der Waals surface area contributed by atoms with Crippen LogP contribution in [0.2, 0.25) is 0 Å². The highest BCUT2D eigenvalue weighted by Crippen LogP contribution is 2.43. The molecule has 0 heterocycles. The van der Waals surface area contributed by atoms with Crippen LogP contribution in [-0.4, -0.2) is 73.4 Å². The summed E-state index contributed by atoms with van der Waals surface area (Å²) in [5, 5.41) is 14.1. The molecule has 8 nitrogen and oxygen atoms in total. The highest BCUT2D eigenvalue weighted by atomic mass is 31.2. The van der Waals surface area contributed by atoms with E-state index >= 15 is 0 Å². The minimum atomic E-state index is -4.32. The van der Waals surface area contributed by atoms with E-state index < -0.39 is 20.0 Å². The molecule has 0 fully saturated rings. The van der Waals surface area contributed by atoms with E-state index in [-0.39, 0.29) is 19.1 Å². The third-order valence-electron chi connectivity index (χ3n) is 13.3. The Labute approximate surface area is 429 Å². The topological polar surface area (TPSA) is 105 Å². The lowest BCUT2D eigenvalue weighted by atomic mass is 10.0. The number of nitrogens with zero attached hydrogens (tertiary/aromatic N) is 1. The first kappa shape index (κ1) is 67.5. The number of carbonyl (C=O) groups excluding carboxylic acids is 1. The van der Waals surface area contributed by atoms with E-state index in [2.05, 4.69) is 67.8 Å². The Balaban J connectivity index is 4.04. The molecular weight excluding hydrogens is 876 g/mol. The summed E-state index contributed by atoms with van der Waals surface area (Å²) in [6, 6.07) is -0.760. The third kappa shape index (κ3) is 54.1. The molecule has 0 rings (SSSR count). The van der Waals surface area contributed by atoms with E-state index in [1.807, 2.05) is 21.1 Å². The lowest BCUT2D eigenvalue weighted by Crippen LogP contribution is -2.46. The van der Waals surface area contributed by atoms with Crippen LogP contribution in [0.15, 0.2) is 48.6 Å². The molecule has 9 heteroatoms. The molecule has 0 aliphatic heterocycles. The average molecular weight is 993 g/mol. The van der Waals surface area contributed by atoms with Gasteiger partial charge in [-0.05, 0) is 51.4 Å². The number of aliphatic hydroxyl groups is 1. The van der Waals surface area contributed by atoms with Crippen LogP contribution in [0.1, 0.15) is 277 Å². The molecule has 3 atom stereocenters. The minimum Gasteiger partial charge on any atom is -0.391 e. The molecule has 0 saturated heterocycles. The first-order valence-corrected chi connectivity index (χ1v) is 31.0. The maximum Gasteiger partial charge on any atom is 0.472 e. The summed E-state index contributed by atoms with van der Waals surface area (Å²) in [5.74, 6) is -0.141. The Morgan fingerprint density at radius 3 is 1.28 bits per heavy atom. The number of allylic oxidation sites excluding steroid dienone is 8. The summed E-state index contributed by atoms with van der Waals surface area (Å²) in [7, 11) is 1.62. The van der Waals surface area contributed by atoms with Gasteiger partial charge < -0.3 is 19.8 Å². The number of hydrogen-bond donors (Lipinski definition) is 3. The van der Waals surface area contributed by atoms with E-state index in [1.54, 1.807) is 0 Å². The van der Waals surface area contributed by atoms with Gasteiger partial charge in [0, 0.05) is 6.42 Å². The van der Waals surface area contributed by atoms with Gasteiger partial charge in [0.25, 0.3) is 0 Å². The Kier molecular flexibility index (Phi) is 50.2. The second-order valence-corrected chi connectivity index (χ2v) is 22.8. The van der Waals surface area contributed by atoms with Crippen LogP contribution in [0.25, 0.3) is 0 Å². The summed E-state index contributed by atoms with van der Waals surface area (Å²) in [6.45, 7) is 4.80. The van der Waals surface area contributed by atoms with E-state index in [0.29, 0.717) is 23.9 Å². The van der Waals surface area contributed by atoms with Crippen molar-refractivity contribution in [3.8, 4) is 0 Å².